The van der Waals surface area contributed by atoms with Gasteiger partial charge in [-0.05, 0) is 84.0 Å². The third-order valence-electron chi connectivity index (χ3n) is 6.42. The van der Waals surface area contributed by atoms with E-state index in [1.165, 1.54) is 5.56 Å². The molecular formula is C30H32ClNO5. The van der Waals surface area contributed by atoms with Crippen LogP contribution in [0.3, 0.4) is 0 Å². The van der Waals surface area contributed by atoms with Crippen LogP contribution in [0.1, 0.15) is 35.1 Å². The molecule has 1 saturated heterocycles. The third-order valence-corrected chi connectivity index (χ3v) is 6.67. The molecule has 0 aliphatic carbocycles. The maximum absolute atomic E-state index is 10.8. The molecule has 0 unspecified atom stereocenters. The van der Waals surface area contributed by atoms with Crippen molar-refractivity contribution in [2.45, 2.75) is 32.4 Å². The Bertz CT molecular complexity index is 1220. The molecule has 0 amide bonds. The summed E-state index contributed by atoms with van der Waals surface area (Å²) in [5.41, 5.74) is 5.21. The number of hydrogen-bond donors (Lipinski definition) is 2. The summed E-state index contributed by atoms with van der Waals surface area (Å²) < 4.78 is 11.3. The number of likely N-dealkylation sites (tertiary alicyclic amines) is 1. The van der Waals surface area contributed by atoms with Crippen molar-refractivity contribution in [3.05, 3.63) is 100 Å². The minimum absolute atomic E-state index is 0.167. The zero-order valence-corrected chi connectivity index (χ0v) is 21.7. The molecule has 194 valence electrons. The summed E-state index contributed by atoms with van der Waals surface area (Å²) in [6.07, 6.45) is 3.55. The van der Waals surface area contributed by atoms with Crippen LogP contribution in [-0.4, -0.2) is 53.5 Å². The second-order valence-electron chi connectivity index (χ2n) is 9.25. The molecule has 37 heavy (non-hydrogen) atoms. The van der Waals surface area contributed by atoms with Crippen LogP contribution >= 0.6 is 11.6 Å². The second-order valence-corrected chi connectivity index (χ2v) is 9.69. The number of hydrogen-bond acceptors (Lipinski definition) is 5. The van der Waals surface area contributed by atoms with Crippen LogP contribution in [0.2, 0.25) is 5.02 Å². The molecule has 0 aromatic heterocycles. The van der Waals surface area contributed by atoms with E-state index in [1.807, 2.05) is 37.3 Å². The summed E-state index contributed by atoms with van der Waals surface area (Å²) in [6, 6.07) is 21.7. The standard InChI is InChI=1S/C30H32ClNO5/c1-21-18-27(10-11-29(21)37-20-30(34)35)36-17-14-28(24-6-8-25(31)9-7-24)23-4-2-22(3-5-23)19-32-15-12-26(33)13-16-32/h2-11,14,18,26,33H,12-13,15-17,19-20H2,1H3,(H,34,35)/b28-14+. The molecule has 1 aliphatic heterocycles. The number of ether oxygens (including phenoxy) is 2. The van der Waals surface area contributed by atoms with Crippen molar-refractivity contribution in [3.8, 4) is 11.5 Å². The van der Waals surface area contributed by atoms with E-state index >= 15 is 0 Å². The van der Waals surface area contributed by atoms with E-state index in [0.29, 0.717) is 23.1 Å². The fourth-order valence-corrected chi connectivity index (χ4v) is 4.52. The van der Waals surface area contributed by atoms with E-state index in [2.05, 4.69) is 35.2 Å². The Kier molecular flexibility index (Phi) is 9.23. The second kappa shape index (κ2) is 12.8. The van der Waals surface area contributed by atoms with Gasteiger partial charge in [-0.2, -0.15) is 0 Å². The maximum Gasteiger partial charge on any atom is 0.341 e. The molecule has 4 rings (SSSR count). The lowest BCUT2D eigenvalue weighted by atomic mass is 9.96. The molecule has 0 atom stereocenters. The molecule has 3 aromatic rings. The zero-order valence-electron chi connectivity index (χ0n) is 20.9. The first-order valence-corrected chi connectivity index (χ1v) is 12.8. The van der Waals surface area contributed by atoms with E-state index in [1.54, 1.807) is 12.1 Å². The molecule has 1 aliphatic rings. The first kappa shape index (κ1) is 26.7. The molecule has 1 fully saturated rings. The van der Waals surface area contributed by atoms with Gasteiger partial charge in [0, 0.05) is 24.7 Å². The fourth-order valence-electron chi connectivity index (χ4n) is 4.39. The number of carbonyl (C=O) groups is 1. The largest absolute Gasteiger partial charge is 0.489 e. The first-order valence-electron chi connectivity index (χ1n) is 12.4. The van der Waals surface area contributed by atoms with Gasteiger partial charge in [-0.1, -0.05) is 48.0 Å². The van der Waals surface area contributed by atoms with Gasteiger partial charge in [0.15, 0.2) is 6.61 Å². The molecular weight excluding hydrogens is 490 g/mol. The zero-order chi connectivity index (χ0) is 26.2. The topological polar surface area (TPSA) is 79.2 Å². The predicted octanol–water partition coefficient (Wildman–Crippen LogP) is 5.58. The van der Waals surface area contributed by atoms with Gasteiger partial charge in [0.2, 0.25) is 0 Å². The van der Waals surface area contributed by atoms with Crippen LogP contribution in [-0.2, 0) is 11.3 Å². The van der Waals surface area contributed by atoms with Crippen molar-refractivity contribution in [2.75, 3.05) is 26.3 Å². The molecule has 0 bridgehead atoms. The van der Waals surface area contributed by atoms with Gasteiger partial charge in [-0.15, -0.1) is 0 Å². The van der Waals surface area contributed by atoms with Gasteiger partial charge in [-0.3, -0.25) is 4.90 Å². The lowest BCUT2D eigenvalue weighted by molar-refractivity contribution is -0.139. The average Bonchev–Trinajstić information content (AvgIpc) is 2.89. The summed E-state index contributed by atoms with van der Waals surface area (Å²) in [5, 5.41) is 19.2. The molecule has 7 heteroatoms. The van der Waals surface area contributed by atoms with E-state index in [4.69, 9.17) is 26.2 Å². The fraction of sp³-hybridized carbons (Fsp3) is 0.300. The van der Waals surface area contributed by atoms with Gasteiger partial charge >= 0.3 is 5.97 Å². The Hall–Kier alpha value is -3.32. The summed E-state index contributed by atoms with van der Waals surface area (Å²) in [5.74, 6) is 0.181. The van der Waals surface area contributed by atoms with Crippen LogP contribution in [0.15, 0.2) is 72.8 Å². The Morgan fingerprint density at radius 2 is 1.65 bits per heavy atom. The number of piperidine rings is 1. The Balaban J connectivity index is 1.47. The van der Waals surface area contributed by atoms with Crippen molar-refractivity contribution in [1.29, 1.82) is 0 Å². The first-order chi connectivity index (χ1) is 17.9. The molecule has 0 spiro atoms. The van der Waals surface area contributed by atoms with E-state index in [0.717, 1.165) is 54.7 Å². The van der Waals surface area contributed by atoms with Gasteiger partial charge in [0.1, 0.15) is 18.1 Å². The van der Waals surface area contributed by atoms with Gasteiger partial charge in [-0.25, -0.2) is 4.79 Å². The Morgan fingerprint density at radius 3 is 2.27 bits per heavy atom. The van der Waals surface area contributed by atoms with E-state index in [-0.39, 0.29) is 12.7 Å². The predicted molar refractivity (Wildman–Crippen MR) is 145 cm³/mol. The normalized spacial score (nSPS) is 14.9. The molecule has 3 aromatic carbocycles. The van der Waals surface area contributed by atoms with Crippen LogP contribution < -0.4 is 9.47 Å². The highest BCUT2D eigenvalue weighted by atomic mass is 35.5. The van der Waals surface area contributed by atoms with Crippen LogP contribution in [0.5, 0.6) is 11.5 Å². The Morgan fingerprint density at radius 1 is 1.00 bits per heavy atom. The summed E-state index contributed by atoms with van der Waals surface area (Å²) >= 11 is 6.13. The highest BCUT2D eigenvalue weighted by molar-refractivity contribution is 6.30. The Labute approximate surface area is 222 Å². The minimum atomic E-state index is -1.01. The molecule has 0 saturated carbocycles. The number of aliphatic hydroxyl groups is 1. The summed E-state index contributed by atoms with van der Waals surface area (Å²) in [4.78, 5) is 13.1. The van der Waals surface area contributed by atoms with Crippen molar-refractivity contribution >= 4 is 23.1 Å². The summed E-state index contributed by atoms with van der Waals surface area (Å²) in [7, 11) is 0. The highest BCUT2D eigenvalue weighted by Crippen LogP contribution is 2.27. The number of carboxylic acid groups (broad SMARTS) is 1. The molecule has 1 heterocycles. The van der Waals surface area contributed by atoms with Gasteiger partial charge in [0.25, 0.3) is 0 Å². The third kappa shape index (κ3) is 7.83. The minimum Gasteiger partial charge on any atom is -0.489 e. The van der Waals surface area contributed by atoms with Crippen LogP contribution in [0.4, 0.5) is 0 Å². The van der Waals surface area contributed by atoms with Crippen molar-refractivity contribution < 1.29 is 24.5 Å². The van der Waals surface area contributed by atoms with Crippen molar-refractivity contribution in [1.82, 2.24) is 4.90 Å². The van der Waals surface area contributed by atoms with E-state index < -0.39 is 5.97 Å². The molecule has 2 N–H and O–H groups in total. The number of aliphatic hydroxyl groups excluding tert-OH is 1. The number of halogens is 1. The van der Waals surface area contributed by atoms with E-state index in [9.17, 15) is 9.90 Å². The lowest BCUT2D eigenvalue weighted by Crippen LogP contribution is -2.35. The maximum atomic E-state index is 10.8. The van der Waals surface area contributed by atoms with Gasteiger partial charge < -0.3 is 19.7 Å². The number of benzene rings is 3. The molecule has 6 nitrogen and oxygen atoms in total. The number of aliphatic carboxylic acids is 1. The number of rotatable bonds is 10. The van der Waals surface area contributed by atoms with Crippen LogP contribution in [0.25, 0.3) is 5.57 Å². The number of carboxylic acids is 1. The smallest absolute Gasteiger partial charge is 0.341 e. The van der Waals surface area contributed by atoms with Crippen LogP contribution in [0, 0.1) is 6.92 Å². The van der Waals surface area contributed by atoms with Crippen molar-refractivity contribution in [3.63, 3.8) is 0 Å². The lowest BCUT2D eigenvalue weighted by Gasteiger charge is -2.29. The quantitative estimate of drug-likeness (QED) is 0.362. The van der Waals surface area contributed by atoms with Crippen molar-refractivity contribution in [2.24, 2.45) is 0 Å². The number of nitrogens with zero attached hydrogens (tertiary/aromatic N) is 1. The molecule has 0 radical (unpaired) electrons. The van der Waals surface area contributed by atoms with Gasteiger partial charge in [0.05, 0.1) is 6.10 Å². The SMILES string of the molecule is Cc1cc(OC/C=C(/c2ccc(Cl)cc2)c2ccc(CN3CCC(O)CC3)cc2)ccc1OCC(=O)O. The average molecular weight is 522 g/mol. The number of aryl methyl sites for hydroxylation is 1. The monoisotopic (exact) mass is 521 g/mol. The highest BCUT2D eigenvalue weighted by Gasteiger charge is 2.17. The summed E-state index contributed by atoms with van der Waals surface area (Å²) in [6.45, 7) is 4.54.